The Hall–Kier alpha value is -1.49. The zero-order valence-corrected chi connectivity index (χ0v) is 12.0. The number of allylic oxidation sites excluding steroid dienone is 1. The summed E-state index contributed by atoms with van der Waals surface area (Å²) in [6, 6.07) is 6.22. The molecule has 0 radical (unpaired) electrons. The minimum absolute atomic E-state index is 0.0789. The number of alkyl halides is 3. The van der Waals surface area contributed by atoms with Crippen LogP contribution in [0.4, 0.5) is 13.2 Å². The van der Waals surface area contributed by atoms with E-state index in [0.29, 0.717) is 0 Å². The Balaban J connectivity index is 2.15. The van der Waals surface area contributed by atoms with Crippen molar-refractivity contribution in [1.29, 1.82) is 0 Å². The first kappa shape index (κ1) is 15.9. The summed E-state index contributed by atoms with van der Waals surface area (Å²) in [5.41, 5.74) is 2.30. The lowest BCUT2D eigenvalue weighted by molar-refractivity contribution is -0.274. The van der Waals surface area contributed by atoms with Gasteiger partial charge in [-0.2, -0.15) is 0 Å². The zero-order valence-electron chi connectivity index (χ0n) is 12.0. The average Bonchev–Trinajstić information content (AvgIpc) is 2.45. The Bertz CT molecular complexity index is 479. The van der Waals surface area contributed by atoms with Gasteiger partial charge in [-0.3, -0.25) is 0 Å². The third kappa shape index (κ3) is 4.77. The van der Waals surface area contributed by atoms with E-state index >= 15 is 0 Å². The van der Waals surface area contributed by atoms with Crippen LogP contribution in [0.1, 0.15) is 44.2 Å². The van der Waals surface area contributed by atoms with Crippen molar-refractivity contribution >= 4 is 0 Å². The molecule has 1 N–H and O–H groups in total. The number of likely N-dealkylation sites (N-methyl/N-ethyl adjacent to an activating group) is 1. The van der Waals surface area contributed by atoms with Gasteiger partial charge in [-0.1, -0.05) is 30.7 Å². The second kappa shape index (κ2) is 6.98. The number of nitrogens with one attached hydrogen (secondary N) is 1. The van der Waals surface area contributed by atoms with Crippen molar-refractivity contribution in [3.63, 3.8) is 0 Å². The molecule has 0 heterocycles. The molecule has 0 aliphatic heterocycles. The van der Waals surface area contributed by atoms with Crippen LogP contribution >= 0.6 is 0 Å². The third-order valence-corrected chi connectivity index (χ3v) is 3.55. The number of benzene rings is 1. The molecule has 1 atom stereocenters. The van der Waals surface area contributed by atoms with Crippen LogP contribution in [0.2, 0.25) is 0 Å². The van der Waals surface area contributed by atoms with Crippen molar-refractivity contribution in [2.24, 2.45) is 0 Å². The van der Waals surface area contributed by atoms with Gasteiger partial charge < -0.3 is 10.1 Å². The van der Waals surface area contributed by atoms with Crippen LogP contribution in [0.25, 0.3) is 0 Å². The van der Waals surface area contributed by atoms with Crippen LogP contribution in [-0.4, -0.2) is 12.9 Å². The molecule has 0 aromatic heterocycles. The highest BCUT2D eigenvalue weighted by atomic mass is 19.4. The Kier molecular flexibility index (Phi) is 5.28. The molecule has 116 valence electrons. The Morgan fingerprint density at radius 2 is 1.90 bits per heavy atom. The standard InChI is InChI=1S/C16H20F3NO/c1-2-20-15(12-6-4-3-5-7-12)13-8-10-14(11-9-13)21-16(17,18)19/h6,8-11,15,20H,2-5,7H2,1H3. The minimum atomic E-state index is -4.64. The minimum Gasteiger partial charge on any atom is -0.406 e. The third-order valence-electron chi connectivity index (χ3n) is 3.55. The lowest BCUT2D eigenvalue weighted by Crippen LogP contribution is -2.23. The van der Waals surface area contributed by atoms with Gasteiger partial charge in [0.1, 0.15) is 5.75 Å². The van der Waals surface area contributed by atoms with Crippen molar-refractivity contribution in [3.8, 4) is 5.75 Å². The van der Waals surface area contributed by atoms with Crippen LogP contribution in [0.3, 0.4) is 0 Å². The highest BCUT2D eigenvalue weighted by Crippen LogP contribution is 2.31. The quantitative estimate of drug-likeness (QED) is 0.793. The molecule has 5 heteroatoms. The Morgan fingerprint density at radius 3 is 2.43 bits per heavy atom. The highest BCUT2D eigenvalue weighted by molar-refractivity contribution is 5.34. The first-order chi connectivity index (χ1) is 9.99. The van der Waals surface area contributed by atoms with Gasteiger partial charge >= 0.3 is 6.36 Å². The Morgan fingerprint density at radius 1 is 1.19 bits per heavy atom. The van der Waals surface area contributed by atoms with Gasteiger partial charge in [0, 0.05) is 0 Å². The van der Waals surface area contributed by atoms with Crippen molar-refractivity contribution in [2.45, 2.75) is 45.0 Å². The van der Waals surface area contributed by atoms with Gasteiger partial charge in [-0.15, -0.1) is 13.2 Å². The van der Waals surface area contributed by atoms with Crippen LogP contribution in [0.15, 0.2) is 35.9 Å². The number of rotatable bonds is 5. The molecule has 2 rings (SSSR count). The zero-order chi connectivity index (χ0) is 15.3. The van der Waals surface area contributed by atoms with E-state index in [1.807, 2.05) is 6.92 Å². The molecule has 0 fully saturated rings. The first-order valence-corrected chi connectivity index (χ1v) is 7.27. The normalized spacial score (nSPS) is 17.2. The fourth-order valence-corrected chi connectivity index (χ4v) is 2.65. The molecule has 0 saturated carbocycles. The molecule has 0 bridgehead atoms. The largest absolute Gasteiger partial charge is 0.573 e. The van der Waals surface area contributed by atoms with Crippen LogP contribution < -0.4 is 10.1 Å². The number of halogens is 3. The summed E-state index contributed by atoms with van der Waals surface area (Å²) in [7, 11) is 0. The van der Waals surface area contributed by atoms with Crippen molar-refractivity contribution < 1.29 is 17.9 Å². The lowest BCUT2D eigenvalue weighted by Gasteiger charge is -2.24. The number of ether oxygens (including phenoxy) is 1. The molecule has 2 nitrogen and oxygen atoms in total. The van der Waals surface area contributed by atoms with Gasteiger partial charge in [-0.25, -0.2) is 0 Å². The summed E-state index contributed by atoms with van der Waals surface area (Å²) in [6.45, 7) is 2.83. The van der Waals surface area contributed by atoms with E-state index in [1.165, 1.54) is 30.5 Å². The van der Waals surface area contributed by atoms with Crippen LogP contribution in [0.5, 0.6) is 5.75 Å². The maximum Gasteiger partial charge on any atom is 0.573 e. The van der Waals surface area contributed by atoms with E-state index in [9.17, 15) is 13.2 Å². The van der Waals surface area contributed by atoms with Crippen molar-refractivity contribution in [1.82, 2.24) is 5.32 Å². The number of hydrogen-bond acceptors (Lipinski definition) is 2. The molecular weight excluding hydrogens is 279 g/mol. The molecule has 1 aromatic rings. The molecule has 0 spiro atoms. The van der Waals surface area contributed by atoms with Gasteiger partial charge in [-0.05, 0) is 49.9 Å². The van der Waals surface area contributed by atoms with Crippen LogP contribution in [-0.2, 0) is 0 Å². The van der Waals surface area contributed by atoms with Crippen molar-refractivity contribution in [3.05, 3.63) is 41.5 Å². The molecule has 21 heavy (non-hydrogen) atoms. The summed E-state index contributed by atoms with van der Waals surface area (Å²) in [4.78, 5) is 0. The highest BCUT2D eigenvalue weighted by Gasteiger charge is 2.31. The van der Waals surface area contributed by atoms with Gasteiger partial charge in [0.2, 0.25) is 0 Å². The topological polar surface area (TPSA) is 21.3 Å². The maximum absolute atomic E-state index is 12.2. The molecular formula is C16H20F3NO. The van der Waals surface area contributed by atoms with Gasteiger partial charge in [0.25, 0.3) is 0 Å². The predicted octanol–water partition coefficient (Wildman–Crippen LogP) is 4.74. The smallest absolute Gasteiger partial charge is 0.406 e. The molecule has 1 aromatic carbocycles. The second-order valence-corrected chi connectivity index (χ2v) is 5.13. The summed E-state index contributed by atoms with van der Waals surface area (Å²) >= 11 is 0. The first-order valence-electron chi connectivity index (χ1n) is 7.27. The summed E-state index contributed by atoms with van der Waals surface area (Å²) in [5.74, 6) is -0.181. The second-order valence-electron chi connectivity index (χ2n) is 5.13. The summed E-state index contributed by atoms with van der Waals surface area (Å²) in [6.07, 6.45) is 2.10. The fraction of sp³-hybridized carbons (Fsp3) is 0.500. The average molecular weight is 299 g/mol. The molecule has 0 saturated heterocycles. The van der Waals surface area contributed by atoms with Gasteiger partial charge in [0.15, 0.2) is 0 Å². The fourth-order valence-electron chi connectivity index (χ4n) is 2.65. The van der Waals surface area contributed by atoms with E-state index in [4.69, 9.17) is 0 Å². The van der Waals surface area contributed by atoms with E-state index in [1.54, 1.807) is 12.1 Å². The van der Waals surface area contributed by atoms with Crippen molar-refractivity contribution in [2.75, 3.05) is 6.54 Å². The monoisotopic (exact) mass is 299 g/mol. The van der Waals surface area contributed by atoms with Crippen LogP contribution in [0, 0.1) is 0 Å². The molecule has 0 amide bonds. The van der Waals surface area contributed by atoms with E-state index in [0.717, 1.165) is 24.9 Å². The Labute approximate surface area is 123 Å². The predicted molar refractivity (Wildman–Crippen MR) is 76.1 cm³/mol. The summed E-state index contributed by atoms with van der Waals surface area (Å²) in [5, 5.41) is 3.41. The van der Waals surface area contributed by atoms with E-state index < -0.39 is 6.36 Å². The molecule has 1 unspecified atom stereocenters. The van der Waals surface area contributed by atoms with E-state index in [2.05, 4.69) is 16.1 Å². The number of hydrogen-bond donors (Lipinski definition) is 1. The van der Waals surface area contributed by atoms with Gasteiger partial charge in [0.05, 0.1) is 6.04 Å². The molecule has 1 aliphatic carbocycles. The lowest BCUT2D eigenvalue weighted by atomic mass is 9.90. The molecule has 1 aliphatic rings. The SMILES string of the molecule is CCNC(C1=CCCCC1)c1ccc(OC(F)(F)F)cc1. The maximum atomic E-state index is 12.2. The summed E-state index contributed by atoms with van der Waals surface area (Å²) < 4.78 is 40.4. The van der Waals surface area contributed by atoms with E-state index in [-0.39, 0.29) is 11.8 Å².